The van der Waals surface area contributed by atoms with Gasteiger partial charge in [0.05, 0.1) is 40.9 Å². The van der Waals surface area contributed by atoms with Crippen LogP contribution in [0.4, 0.5) is 26.7 Å². The van der Waals surface area contributed by atoms with Crippen molar-refractivity contribution < 1.29 is 23.9 Å². The summed E-state index contributed by atoms with van der Waals surface area (Å²) < 4.78 is 11.8. The number of aromatic nitrogens is 2. The number of pyridine rings is 2. The fourth-order valence-electron chi connectivity index (χ4n) is 5.74. The predicted octanol–water partition coefficient (Wildman–Crippen LogP) is 6.13. The highest BCUT2D eigenvalue weighted by atomic mass is 79.9. The number of amides is 3. The molecule has 13 nitrogen and oxygen atoms in total. The molecule has 3 amide bonds. The predicted molar refractivity (Wildman–Crippen MR) is 197 cm³/mol. The number of nitrogens with one attached hydrogen (secondary N) is 4. The van der Waals surface area contributed by atoms with Crippen LogP contribution < -0.4 is 31.9 Å². The van der Waals surface area contributed by atoms with E-state index >= 15 is 0 Å². The van der Waals surface area contributed by atoms with Gasteiger partial charge in [0.2, 0.25) is 0 Å². The first-order valence-corrected chi connectivity index (χ1v) is 16.9. The summed E-state index contributed by atoms with van der Waals surface area (Å²) in [6, 6.07) is 17.7. The van der Waals surface area contributed by atoms with Crippen molar-refractivity contribution in [3.63, 3.8) is 0 Å². The maximum Gasteiger partial charge on any atom is 0.412 e. The molecule has 4 aromatic rings. The molecule has 14 heteroatoms. The van der Waals surface area contributed by atoms with E-state index in [0.29, 0.717) is 35.4 Å². The van der Waals surface area contributed by atoms with Crippen LogP contribution in [0, 0.1) is 5.92 Å². The molecule has 0 bridgehead atoms. The van der Waals surface area contributed by atoms with Gasteiger partial charge in [0.15, 0.2) is 5.69 Å². The Hall–Kier alpha value is -5.37. The molecular weight excluding hydrogens is 704 g/mol. The number of hydrogen-bond acceptors (Lipinski definition) is 10. The van der Waals surface area contributed by atoms with E-state index in [9.17, 15) is 14.4 Å². The van der Waals surface area contributed by atoms with Crippen molar-refractivity contribution in [1.82, 2.24) is 20.6 Å². The van der Waals surface area contributed by atoms with Crippen molar-refractivity contribution in [2.75, 3.05) is 28.6 Å². The lowest BCUT2D eigenvalue weighted by Gasteiger charge is -2.44. The zero-order chi connectivity index (χ0) is 35.8. The fraction of sp³-hybridized carbons (Fsp3) is 0.306. The van der Waals surface area contributed by atoms with E-state index in [2.05, 4.69) is 59.0 Å². The molecular formula is C36H41BrN8O5. The van der Waals surface area contributed by atoms with Crippen LogP contribution in [0.2, 0.25) is 0 Å². The summed E-state index contributed by atoms with van der Waals surface area (Å²) in [6.07, 6.45) is 4.97. The summed E-state index contributed by atoms with van der Waals surface area (Å²) >= 11 is 3.47. The summed E-state index contributed by atoms with van der Waals surface area (Å²) in [6.45, 7) is 8.49. The van der Waals surface area contributed by atoms with Gasteiger partial charge in [0.1, 0.15) is 12.2 Å². The molecule has 50 heavy (non-hydrogen) atoms. The van der Waals surface area contributed by atoms with Gasteiger partial charge in [0, 0.05) is 41.5 Å². The van der Waals surface area contributed by atoms with E-state index < -0.39 is 23.7 Å². The van der Waals surface area contributed by atoms with Gasteiger partial charge >= 0.3 is 12.2 Å². The minimum atomic E-state index is -0.735. The number of nitrogens with zero attached hydrogens (tertiary/aromatic N) is 3. The first kappa shape index (κ1) is 35.9. The van der Waals surface area contributed by atoms with E-state index in [1.165, 1.54) is 6.20 Å². The molecule has 3 heterocycles. The molecule has 5 rings (SSSR count). The van der Waals surface area contributed by atoms with E-state index in [-0.39, 0.29) is 36.0 Å². The standard InChI is InChI=1S/C36H41BrN8O5/c1-22-19-45(20-29(31(22)40-15-13-38)44-35(48)50-36(2,3)4)30-12-14-39-18-28(30)42-33(46)32-27(16-24-10-11-25(37)17-26(24)41-32)43-34(47)49-21-23-8-6-5-7-9-23/h5-18,22,29,31,40H,19-21,38H2,1-4H3,(H,42,46)(H,43,47)(H,44,48)/b15-13-/t22-,29+,31-/m0/s1. The number of anilines is 3. The third-order valence-electron chi connectivity index (χ3n) is 7.89. The van der Waals surface area contributed by atoms with Crippen molar-refractivity contribution in [3.8, 4) is 0 Å². The van der Waals surface area contributed by atoms with Crippen molar-refractivity contribution in [2.24, 2.45) is 11.7 Å². The number of fused-ring (bicyclic) bond motifs is 1. The number of alkyl carbamates (subject to hydrolysis) is 1. The van der Waals surface area contributed by atoms with Gasteiger partial charge in [-0.15, -0.1) is 0 Å². The van der Waals surface area contributed by atoms with Crippen LogP contribution in [0.15, 0.2) is 89.9 Å². The Kier molecular flexibility index (Phi) is 11.4. The number of rotatable bonds is 9. The lowest BCUT2D eigenvalue weighted by Crippen LogP contribution is -2.63. The molecule has 3 atom stereocenters. The second-order valence-corrected chi connectivity index (χ2v) is 13.9. The number of benzene rings is 2. The highest BCUT2D eigenvalue weighted by molar-refractivity contribution is 9.10. The van der Waals surface area contributed by atoms with Crippen LogP contribution in [-0.2, 0) is 16.1 Å². The third-order valence-corrected chi connectivity index (χ3v) is 8.38. The number of hydrogen-bond donors (Lipinski definition) is 5. The number of nitrogens with two attached hydrogens (primary N) is 1. The Labute approximate surface area is 299 Å². The smallest absolute Gasteiger partial charge is 0.412 e. The maximum atomic E-state index is 14.0. The molecule has 1 saturated heterocycles. The van der Waals surface area contributed by atoms with Crippen LogP contribution >= 0.6 is 15.9 Å². The first-order chi connectivity index (χ1) is 23.9. The molecule has 1 aliphatic rings. The zero-order valence-electron chi connectivity index (χ0n) is 28.3. The van der Waals surface area contributed by atoms with Crippen LogP contribution in [0.1, 0.15) is 43.7 Å². The van der Waals surface area contributed by atoms with Crippen LogP contribution in [0.25, 0.3) is 10.9 Å². The van der Waals surface area contributed by atoms with Crippen molar-refractivity contribution in [2.45, 2.75) is 52.0 Å². The fourth-order valence-corrected chi connectivity index (χ4v) is 6.09. The van der Waals surface area contributed by atoms with Gasteiger partial charge in [-0.25, -0.2) is 14.6 Å². The van der Waals surface area contributed by atoms with Gasteiger partial charge in [-0.1, -0.05) is 59.3 Å². The van der Waals surface area contributed by atoms with Crippen molar-refractivity contribution in [1.29, 1.82) is 0 Å². The Balaban J connectivity index is 1.40. The van der Waals surface area contributed by atoms with Crippen molar-refractivity contribution >= 4 is 62.0 Å². The molecule has 2 aromatic heterocycles. The molecule has 1 aliphatic heterocycles. The lowest BCUT2D eigenvalue weighted by molar-refractivity contribution is 0.0482. The normalized spacial score (nSPS) is 17.6. The number of carbonyl (C=O) groups excluding carboxylic acids is 3. The molecule has 0 spiro atoms. The average Bonchev–Trinajstić information content (AvgIpc) is 3.06. The van der Waals surface area contributed by atoms with E-state index in [4.69, 9.17) is 15.2 Å². The number of ether oxygens (including phenoxy) is 2. The van der Waals surface area contributed by atoms with E-state index in [1.807, 2.05) is 42.5 Å². The highest BCUT2D eigenvalue weighted by Crippen LogP contribution is 2.31. The molecule has 2 aromatic carbocycles. The van der Waals surface area contributed by atoms with Crippen molar-refractivity contribution in [3.05, 3.63) is 101 Å². The summed E-state index contributed by atoms with van der Waals surface area (Å²) in [5, 5.41) is 12.7. The minimum absolute atomic E-state index is 0.0172. The molecule has 0 aliphatic carbocycles. The third kappa shape index (κ3) is 9.41. The maximum absolute atomic E-state index is 14.0. The van der Waals surface area contributed by atoms with Crippen LogP contribution in [0.5, 0.6) is 0 Å². The number of halogens is 1. The summed E-state index contributed by atoms with van der Waals surface area (Å²) in [4.78, 5) is 50.8. The van der Waals surface area contributed by atoms with Crippen LogP contribution in [0.3, 0.4) is 0 Å². The molecule has 0 radical (unpaired) electrons. The van der Waals surface area contributed by atoms with E-state index in [0.717, 1.165) is 10.0 Å². The van der Waals surface area contributed by atoms with Gasteiger partial charge in [-0.05, 0) is 56.5 Å². The second kappa shape index (κ2) is 15.9. The highest BCUT2D eigenvalue weighted by Gasteiger charge is 2.37. The van der Waals surface area contributed by atoms with Gasteiger partial charge in [0.25, 0.3) is 5.91 Å². The van der Waals surface area contributed by atoms with Gasteiger partial charge in [-0.3, -0.25) is 15.1 Å². The largest absolute Gasteiger partial charge is 0.444 e. The van der Waals surface area contributed by atoms with Crippen LogP contribution in [-0.4, -0.2) is 58.8 Å². The lowest BCUT2D eigenvalue weighted by atomic mass is 9.89. The Morgan fingerprint density at radius 2 is 1.80 bits per heavy atom. The summed E-state index contributed by atoms with van der Waals surface area (Å²) in [5.74, 6) is -0.546. The second-order valence-electron chi connectivity index (χ2n) is 12.9. The first-order valence-electron chi connectivity index (χ1n) is 16.1. The topological polar surface area (TPSA) is 173 Å². The molecule has 0 unspecified atom stereocenters. The molecule has 1 fully saturated rings. The quantitative estimate of drug-likeness (QED) is 0.134. The Morgan fingerprint density at radius 3 is 2.54 bits per heavy atom. The monoisotopic (exact) mass is 744 g/mol. The summed E-state index contributed by atoms with van der Waals surface area (Å²) in [5.41, 5.74) is 7.57. The Morgan fingerprint density at radius 1 is 1.02 bits per heavy atom. The zero-order valence-corrected chi connectivity index (χ0v) is 29.9. The number of carbonyl (C=O) groups is 3. The molecule has 6 N–H and O–H groups in total. The Bertz CT molecular complexity index is 1870. The average molecular weight is 746 g/mol. The van der Waals surface area contributed by atoms with Gasteiger partial charge < -0.3 is 36.1 Å². The number of piperidine rings is 1. The van der Waals surface area contributed by atoms with E-state index in [1.54, 1.807) is 57.6 Å². The molecule has 262 valence electrons. The summed E-state index contributed by atoms with van der Waals surface area (Å²) in [7, 11) is 0. The molecule has 0 saturated carbocycles. The SMILES string of the molecule is C[C@H]1CN(c2ccncc2NC(=O)c2nc3cc(Br)ccc3cc2NC(=O)OCc2ccccc2)C[C@@H](NC(=O)OC(C)(C)C)[C@H]1N/C=C\N. The minimum Gasteiger partial charge on any atom is -0.444 e. The van der Waals surface area contributed by atoms with Gasteiger partial charge in [-0.2, -0.15) is 0 Å².